The largest absolute Gasteiger partial charge is 0.310 e. The van der Waals surface area contributed by atoms with Gasteiger partial charge in [-0.15, -0.1) is 0 Å². The lowest BCUT2D eigenvalue weighted by Gasteiger charge is -2.26. The number of nitrogens with zero attached hydrogens (tertiary/aromatic N) is 1. The first-order valence-electron chi connectivity index (χ1n) is 5.28. The summed E-state index contributed by atoms with van der Waals surface area (Å²) in [5.74, 6) is -0.00600. The molecular weight excluding hydrogens is 228 g/mol. The van der Waals surface area contributed by atoms with Crippen LogP contribution in [0.25, 0.3) is 0 Å². The van der Waals surface area contributed by atoms with Crippen molar-refractivity contribution in [3.8, 4) is 0 Å². The van der Waals surface area contributed by atoms with Gasteiger partial charge in [0.25, 0.3) is 0 Å². The summed E-state index contributed by atoms with van der Waals surface area (Å²) in [6.45, 7) is 1.28. The second-order valence-electron chi connectivity index (χ2n) is 4.00. The van der Waals surface area contributed by atoms with Crippen LogP contribution in [0.4, 0.5) is 0 Å². The molecular formula is C11H13ClN2O2. The average Bonchev–Trinajstić information content (AvgIpc) is 2.30. The Kier molecular flexibility index (Phi) is 3.41. The Balaban J connectivity index is 2.23. The Hall–Kier alpha value is -1.13. The number of halogens is 1. The Bertz CT molecular complexity index is 380. The number of benzene rings is 1. The first-order valence-corrected chi connectivity index (χ1v) is 5.66. The molecule has 1 aromatic carbocycles. The second kappa shape index (κ2) is 4.80. The smallest absolute Gasteiger partial charge is 0.232 e. The van der Waals surface area contributed by atoms with Gasteiger partial charge in [-0.3, -0.25) is 10.1 Å². The van der Waals surface area contributed by atoms with Gasteiger partial charge in [0.05, 0.1) is 12.5 Å². The van der Waals surface area contributed by atoms with E-state index in [9.17, 15) is 10.1 Å². The fraction of sp³-hybridized carbons (Fsp3) is 0.455. The molecule has 0 radical (unpaired) electrons. The molecule has 2 rings (SSSR count). The molecule has 4 nitrogen and oxygen atoms in total. The van der Waals surface area contributed by atoms with E-state index in [2.05, 4.69) is 5.32 Å². The summed E-state index contributed by atoms with van der Waals surface area (Å²) in [5.41, 5.74) is 1.01. The van der Waals surface area contributed by atoms with Crippen LogP contribution < -0.4 is 5.32 Å². The number of nitrogens with one attached hydrogen (secondary N) is 1. The molecule has 0 spiro atoms. The van der Waals surface area contributed by atoms with Crippen molar-refractivity contribution in [1.82, 2.24) is 5.32 Å². The molecule has 0 bridgehead atoms. The summed E-state index contributed by atoms with van der Waals surface area (Å²) in [5, 5.41) is 14.7. The molecule has 16 heavy (non-hydrogen) atoms. The van der Waals surface area contributed by atoms with Crippen molar-refractivity contribution in [2.75, 3.05) is 13.1 Å². The van der Waals surface area contributed by atoms with Crippen LogP contribution >= 0.6 is 11.6 Å². The van der Waals surface area contributed by atoms with Gasteiger partial charge in [-0.25, -0.2) is 0 Å². The van der Waals surface area contributed by atoms with E-state index in [1.807, 2.05) is 12.1 Å². The molecule has 0 unspecified atom stereocenters. The van der Waals surface area contributed by atoms with E-state index in [0.29, 0.717) is 11.6 Å². The highest BCUT2D eigenvalue weighted by atomic mass is 35.5. The summed E-state index contributed by atoms with van der Waals surface area (Å²) < 4.78 is 0. The van der Waals surface area contributed by atoms with E-state index in [4.69, 9.17) is 11.6 Å². The highest BCUT2D eigenvalue weighted by molar-refractivity contribution is 6.30. The number of rotatable bonds is 2. The predicted octanol–water partition coefficient (Wildman–Crippen LogP) is 2.06. The summed E-state index contributed by atoms with van der Waals surface area (Å²) in [7, 11) is 0. The number of hydrogen-bond acceptors (Lipinski definition) is 3. The van der Waals surface area contributed by atoms with E-state index in [1.54, 1.807) is 12.1 Å². The van der Waals surface area contributed by atoms with E-state index >= 15 is 0 Å². The average molecular weight is 241 g/mol. The molecule has 1 N–H and O–H groups in total. The van der Waals surface area contributed by atoms with Crippen LogP contribution in [0.1, 0.15) is 17.9 Å². The van der Waals surface area contributed by atoms with E-state index in [0.717, 1.165) is 18.5 Å². The molecule has 1 heterocycles. The minimum atomic E-state index is -0.532. The molecule has 2 atom stereocenters. The van der Waals surface area contributed by atoms with E-state index in [-0.39, 0.29) is 10.8 Å². The monoisotopic (exact) mass is 240 g/mol. The highest BCUT2D eigenvalue weighted by Crippen LogP contribution is 2.28. The van der Waals surface area contributed by atoms with Crippen LogP contribution in [0.2, 0.25) is 5.02 Å². The van der Waals surface area contributed by atoms with Crippen LogP contribution in [0.5, 0.6) is 0 Å². The molecule has 0 saturated carbocycles. The maximum absolute atomic E-state index is 10.9. The molecule has 0 aliphatic carbocycles. The van der Waals surface area contributed by atoms with Crippen molar-refractivity contribution < 1.29 is 4.92 Å². The van der Waals surface area contributed by atoms with Crippen molar-refractivity contribution in [2.45, 2.75) is 18.4 Å². The highest BCUT2D eigenvalue weighted by Gasteiger charge is 2.34. The maximum atomic E-state index is 10.9. The number of hydrogen-bond donors (Lipinski definition) is 1. The van der Waals surface area contributed by atoms with Crippen LogP contribution in [0, 0.1) is 10.1 Å². The Labute approximate surface area is 98.8 Å². The second-order valence-corrected chi connectivity index (χ2v) is 4.44. The zero-order valence-electron chi connectivity index (χ0n) is 8.73. The van der Waals surface area contributed by atoms with Crippen LogP contribution in [0.15, 0.2) is 24.3 Å². The summed E-state index contributed by atoms with van der Waals surface area (Å²) in [4.78, 5) is 10.8. The van der Waals surface area contributed by atoms with Gasteiger partial charge >= 0.3 is 0 Å². The third kappa shape index (κ3) is 2.33. The molecule has 1 aliphatic heterocycles. The quantitative estimate of drug-likeness (QED) is 0.636. The van der Waals surface area contributed by atoms with Gasteiger partial charge in [0.2, 0.25) is 6.04 Å². The molecule has 1 saturated heterocycles. The van der Waals surface area contributed by atoms with Crippen molar-refractivity contribution in [1.29, 1.82) is 0 Å². The maximum Gasteiger partial charge on any atom is 0.232 e. The zero-order chi connectivity index (χ0) is 11.5. The first kappa shape index (κ1) is 11.4. The first-order chi connectivity index (χ1) is 7.68. The SMILES string of the molecule is O=[N+]([O-])[C@@H]1CNCC[C@H]1c1ccc(Cl)cc1. The molecule has 1 aliphatic rings. The van der Waals surface area contributed by atoms with Gasteiger partial charge in [0.1, 0.15) is 0 Å². The van der Waals surface area contributed by atoms with Gasteiger partial charge in [0.15, 0.2) is 0 Å². The van der Waals surface area contributed by atoms with Gasteiger partial charge < -0.3 is 5.32 Å². The predicted molar refractivity (Wildman–Crippen MR) is 62.5 cm³/mol. The fourth-order valence-corrected chi connectivity index (χ4v) is 2.29. The zero-order valence-corrected chi connectivity index (χ0v) is 9.48. The minimum Gasteiger partial charge on any atom is -0.310 e. The van der Waals surface area contributed by atoms with Gasteiger partial charge in [-0.2, -0.15) is 0 Å². The topological polar surface area (TPSA) is 55.2 Å². The number of nitro groups is 1. The fourth-order valence-electron chi connectivity index (χ4n) is 2.16. The van der Waals surface area contributed by atoms with Crippen LogP contribution in [-0.2, 0) is 0 Å². The van der Waals surface area contributed by atoms with Crippen LogP contribution in [0.3, 0.4) is 0 Å². The van der Waals surface area contributed by atoms with Crippen molar-refractivity contribution >= 4 is 11.6 Å². The van der Waals surface area contributed by atoms with Crippen molar-refractivity contribution in [3.05, 3.63) is 45.0 Å². The minimum absolute atomic E-state index is 0.00600. The lowest BCUT2D eigenvalue weighted by molar-refractivity contribution is -0.526. The molecule has 0 amide bonds. The van der Waals surface area contributed by atoms with Gasteiger partial charge in [0, 0.05) is 9.95 Å². The Morgan fingerprint density at radius 1 is 1.38 bits per heavy atom. The third-order valence-electron chi connectivity index (χ3n) is 3.02. The lowest BCUT2D eigenvalue weighted by atomic mass is 9.86. The lowest BCUT2D eigenvalue weighted by Crippen LogP contribution is -2.43. The number of piperidine rings is 1. The molecule has 0 aromatic heterocycles. The van der Waals surface area contributed by atoms with Crippen molar-refractivity contribution in [2.24, 2.45) is 0 Å². The van der Waals surface area contributed by atoms with Gasteiger partial charge in [-0.05, 0) is 30.7 Å². The summed E-state index contributed by atoms with van der Waals surface area (Å²) in [6, 6.07) is 6.81. The Morgan fingerprint density at radius 2 is 2.06 bits per heavy atom. The summed E-state index contributed by atoms with van der Waals surface area (Å²) in [6.07, 6.45) is 0.799. The normalized spacial score (nSPS) is 25.3. The third-order valence-corrected chi connectivity index (χ3v) is 3.27. The Morgan fingerprint density at radius 3 is 2.69 bits per heavy atom. The van der Waals surface area contributed by atoms with E-state index in [1.165, 1.54) is 0 Å². The standard InChI is InChI=1S/C11H13ClN2O2/c12-9-3-1-8(2-4-9)10-5-6-13-7-11(10)14(15)16/h1-4,10-11,13H,5-7H2/t10-,11+/m0/s1. The van der Waals surface area contributed by atoms with Crippen molar-refractivity contribution in [3.63, 3.8) is 0 Å². The summed E-state index contributed by atoms with van der Waals surface area (Å²) >= 11 is 5.80. The molecule has 5 heteroatoms. The van der Waals surface area contributed by atoms with Gasteiger partial charge in [-0.1, -0.05) is 23.7 Å². The van der Waals surface area contributed by atoms with Crippen LogP contribution in [-0.4, -0.2) is 24.1 Å². The molecule has 1 aromatic rings. The molecule has 86 valence electrons. The van der Waals surface area contributed by atoms with E-state index < -0.39 is 6.04 Å². The molecule has 1 fully saturated rings.